The summed E-state index contributed by atoms with van der Waals surface area (Å²) < 4.78 is 16.2. The highest BCUT2D eigenvalue weighted by Gasteiger charge is 2.33. The van der Waals surface area contributed by atoms with Gasteiger partial charge in [0.25, 0.3) is 5.91 Å². The zero-order valence-corrected chi connectivity index (χ0v) is 18.5. The fourth-order valence-corrected chi connectivity index (χ4v) is 3.97. The largest absolute Gasteiger partial charge is 0.497 e. The Morgan fingerprint density at radius 2 is 1.74 bits per heavy atom. The molecule has 7 heteroatoms. The van der Waals surface area contributed by atoms with E-state index in [4.69, 9.17) is 13.9 Å². The Morgan fingerprint density at radius 3 is 2.50 bits per heavy atom. The van der Waals surface area contributed by atoms with Gasteiger partial charge in [-0.05, 0) is 41.5 Å². The molecular formula is C27H22N2O5. The lowest BCUT2D eigenvalue weighted by atomic mass is 9.98. The first kappa shape index (κ1) is 21.5. The van der Waals surface area contributed by atoms with E-state index in [1.165, 1.54) is 11.1 Å². The molecule has 0 fully saturated rings. The highest BCUT2D eigenvalue weighted by molar-refractivity contribution is 6.03. The van der Waals surface area contributed by atoms with Crippen molar-refractivity contribution in [3.63, 3.8) is 0 Å². The number of ether oxygens (including phenoxy) is 2. The number of nitrogens with zero attached hydrogens (tertiary/aromatic N) is 2. The van der Waals surface area contributed by atoms with E-state index in [1.54, 1.807) is 31.4 Å². The summed E-state index contributed by atoms with van der Waals surface area (Å²) in [6.45, 7) is -0.208. The topological polar surface area (TPSA) is 81.3 Å². The molecule has 2 heterocycles. The quantitative estimate of drug-likeness (QED) is 0.399. The second-order valence-corrected chi connectivity index (χ2v) is 7.89. The van der Waals surface area contributed by atoms with Gasteiger partial charge in [-0.15, -0.1) is 0 Å². The predicted octanol–water partition coefficient (Wildman–Crippen LogP) is 4.56. The van der Waals surface area contributed by atoms with E-state index in [2.05, 4.69) is 5.10 Å². The standard InChI is InChI=1S/C27H22N2O5/c1-32-21-11-7-19(8-12-21)24-16-23(18-5-3-2-4-6-18)28-29(24)26(30)17-33-22-13-9-20-10-14-27(31)34-25(20)15-22/h2-15,24H,16-17H2,1H3. The number of hydrazone groups is 1. The first-order valence-electron chi connectivity index (χ1n) is 10.9. The van der Waals surface area contributed by atoms with Crippen molar-refractivity contribution < 1.29 is 18.7 Å². The Balaban J connectivity index is 1.38. The zero-order chi connectivity index (χ0) is 23.5. The van der Waals surface area contributed by atoms with Crippen molar-refractivity contribution in [3.8, 4) is 11.5 Å². The van der Waals surface area contributed by atoms with Crippen molar-refractivity contribution in [2.75, 3.05) is 13.7 Å². The van der Waals surface area contributed by atoms with Crippen LogP contribution in [0.2, 0.25) is 0 Å². The Hall–Kier alpha value is -4.39. The smallest absolute Gasteiger partial charge is 0.336 e. The van der Waals surface area contributed by atoms with E-state index in [0.717, 1.165) is 28.0 Å². The summed E-state index contributed by atoms with van der Waals surface area (Å²) in [7, 11) is 1.62. The van der Waals surface area contributed by atoms with Crippen molar-refractivity contribution in [2.24, 2.45) is 5.10 Å². The highest BCUT2D eigenvalue weighted by atomic mass is 16.5. The number of benzene rings is 3. The molecule has 0 saturated heterocycles. The van der Waals surface area contributed by atoms with E-state index in [1.807, 2.05) is 54.6 Å². The average Bonchev–Trinajstić information content (AvgIpc) is 3.33. The first-order chi connectivity index (χ1) is 16.6. The van der Waals surface area contributed by atoms with Crippen molar-refractivity contribution in [1.29, 1.82) is 0 Å². The van der Waals surface area contributed by atoms with Gasteiger partial charge in [0.2, 0.25) is 0 Å². The van der Waals surface area contributed by atoms with E-state index in [0.29, 0.717) is 17.8 Å². The van der Waals surface area contributed by atoms with Crippen LogP contribution in [0.4, 0.5) is 0 Å². The molecule has 170 valence electrons. The fourth-order valence-electron chi connectivity index (χ4n) is 3.97. The highest BCUT2D eigenvalue weighted by Crippen LogP contribution is 2.33. The molecule has 1 aliphatic heterocycles. The van der Waals surface area contributed by atoms with Crippen molar-refractivity contribution in [3.05, 3.63) is 106 Å². The zero-order valence-electron chi connectivity index (χ0n) is 18.5. The molecule has 0 radical (unpaired) electrons. The molecule has 0 spiro atoms. The van der Waals surface area contributed by atoms with Crippen LogP contribution in [0.25, 0.3) is 11.0 Å². The molecule has 3 aromatic carbocycles. The number of fused-ring (bicyclic) bond motifs is 1. The molecule has 7 nitrogen and oxygen atoms in total. The van der Waals surface area contributed by atoms with Crippen LogP contribution in [0, 0.1) is 0 Å². The van der Waals surface area contributed by atoms with Crippen molar-refractivity contribution >= 4 is 22.6 Å². The molecule has 1 amide bonds. The van der Waals surface area contributed by atoms with Crippen LogP contribution in [-0.2, 0) is 4.79 Å². The van der Waals surface area contributed by atoms with E-state index < -0.39 is 5.63 Å². The van der Waals surface area contributed by atoms with Crippen LogP contribution >= 0.6 is 0 Å². The fraction of sp³-hybridized carbons (Fsp3) is 0.148. The van der Waals surface area contributed by atoms with Gasteiger partial charge in [-0.3, -0.25) is 4.79 Å². The summed E-state index contributed by atoms with van der Waals surface area (Å²) in [4.78, 5) is 24.7. The SMILES string of the molecule is COc1ccc(C2CC(c3ccccc3)=NN2C(=O)COc2ccc3ccc(=O)oc3c2)cc1. The maximum Gasteiger partial charge on any atom is 0.336 e. The molecule has 0 bridgehead atoms. The lowest BCUT2D eigenvalue weighted by Crippen LogP contribution is -2.31. The van der Waals surface area contributed by atoms with Gasteiger partial charge in [-0.2, -0.15) is 5.10 Å². The number of hydrogen-bond donors (Lipinski definition) is 0. The summed E-state index contributed by atoms with van der Waals surface area (Å²) in [6, 6.07) is 25.4. The molecule has 1 aromatic heterocycles. The summed E-state index contributed by atoms with van der Waals surface area (Å²) in [5, 5.41) is 6.93. The third kappa shape index (κ3) is 4.41. The molecule has 34 heavy (non-hydrogen) atoms. The number of hydrogen-bond acceptors (Lipinski definition) is 6. The third-order valence-corrected chi connectivity index (χ3v) is 5.73. The molecule has 0 saturated carbocycles. The monoisotopic (exact) mass is 454 g/mol. The summed E-state index contributed by atoms with van der Waals surface area (Å²) in [6.07, 6.45) is 0.587. The number of carbonyl (C=O) groups is 1. The summed E-state index contributed by atoms with van der Waals surface area (Å²) in [5.41, 5.74) is 2.72. The number of methoxy groups -OCH3 is 1. The maximum absolute atomic E-state index is 13.2. The van der Waals surface area contributed by atoms with E-state index in [9.17, 15) is 9.59 Å². The molecule has 1 unspecified atom stereocenters. The van der Waals surface area contributed by atoms with Crippen molar-refractivity contribution in [1.82, 2.24) is 5.01 Å². The second-order valence-electron chi connectivity index (χ2n) is 7.89. The molecular weight excluding hydrogens is 432 g/mol. The van der Waals surface area contributed by atoms with Crippen LogP contribution < -0.4 is 15.1 Å². The van der Waals surface area contributed by atoms with Gasteiger partial charge >= 0.3 is 5.63 Å². The van der Waals surface area contributed by atoms with Gasteiger partial charge < -0.3 is 13.9 Å². The maximum atomic E-state index is 13.2. The van der Waals surface area contributed by atoms with Gasteiger partial charge in [-0.1, -0.05) is 42.5 Å². The molecule has 4 aromatic rings. The van der Waals surface area contributed by atoms with Crippen LogP contribution in [0.3, 0.4) is 0 Å². The van der Waals surface area contributed by atoms with Crippen molar-refractivity contribution in [2.45, 2.75) is 12.5 Å². The molecule has 0 aliphatic carbocycles. The minimum absolute atomic E-state index is 0.208. The van der Waals surface area contributed by atoms with Gasteiger partial charge in [-0.25, -0.2) is 9.80 Å². The van der Waals surface area contributed by atoms with Gasteiger partial charge in [0.1, 0.15) is 17.1 Å². The normalized spacial score (nSPS) is 15.3. The van der Waals surface area contributed by atoms with Gasteiger partial charge in [0.05, 0.1) is 18.9 Å². The minimum Gasteiger partial charge on any atom is -0.497 e. The summed E-state index contributed by atoms with van der Waals surface area (Å²) in [5.74, 6) is 0.902. The Bertz CT molecular complexity index is 1410. The van der Waals surface area contributed by atoms with Crippen LogP contribution in [0.15, 0.2) is 99.2 Å². The van der Waals surface area contributed by atoms with Crippen LogP contribution in [0.5, 0.6) is 11.5 Å². The van der Waals surface area contributed by atoms with Crippen LogP contribution in [-0.4, -0.2) is 30.3 Å². The van der Waals surface area contributed by atoms with E-state index >= 15 is 0 Å². The summed E-state index contributed by atoms with van der Waals surface area (Å²) >= 11 is 0. The van der Waals surface area contributed by atoms with E-state index in [-0.39, 0.29) is 18.6 Å². The Kier molecular flexibility index (Phi) is 5.82. The predicted molar refractivity (Wildman–Crippen MR) is 128 cm³/mol. The van der Waals surface area contributed by atoms with Gasteiger partial charge in [0, 0.05) is 23.9 Å². The number of rotatable bonds is 6. The Morgan fingerprint density at radius 1 is 1.00 bits per heavy atom. The number of amides is 1. The number of carbonyl (C=O) groups excluding carboxylic acids is 1. The Labute approximate surface area is 195 Å². The lowest BCUT2D eigenvalue weighted by molar-refractivity contribution is -0.135. The minimum atomic E-state index is -0.442. The lowest BCUT2D eigenvalue weighted by Gasteiger charge is -2.22. The first-order valence-corrected chi connectivity index (χ1v) is 10.9. The molecule has 1 aliphatic rings. The third-order valence-electron chi connectivity index (χ3n) is 5.73. The molecule has 0 N–H and O–H groups in total. The van der Waals surface area contributed by atoms with Crippen LogP contribution in [0.1, 0.15) is 23.6 Å². The average molecular weight is 454 g/mol. The molecule has 1 atom stereocenters. The molecule has 5 rings (SSSR count). The van der Waals surface area contributed by atoms with Gasteiger partial charge in [0.15, 0.2) is 6.61 Å². The second kappa shape index (κ2) is 9.23.